The van der Waals surface area contributed by atoms with Gasteiger partial charge in [-0.2, -0.15) is 5.10 Å². The van der Waals surface area contributed by atoms with Crippen LogP contribution in [-0.4, -0.2) is 25.7 Å². The van der Waals surface area contributed by atoms with Crippen LogP contribution in [0.5, 0.6) is 0 Å². The van der Waals surface area contributed by atoms with E-state index in [0.717, 1.165) is 28.8 Å². The third kappa shape index (κ3) is 3.57. The van der Waals surface area contributed by atoms with Gasteiger partial charge in [0.1, 0.15) is 5.56 Å². The number of aromatic nitrogens is 3. The molecule has 2 aromatic heterocycles. The Kier molecular flexibility index (Phi) is 4.77. The molecule has 0 aliphatic heterocycles. The lowest BCUT2D eigenvalue weighted by Gasteiger charge is -2.13. The molecular weight excluding hydrogens is 386 g/mol. The van der Waals surface area contributed by atoms with Crippen LogP contribution in [0.25, 0.3) is 28.0 Å². The van der Waals surface area contributed by atoms with Crippen molar-refractivity contribution in [2.45, 2.75) is 6.42 Å². The van der Waals surface area contributed by atoms with Gasteiger partial charge in [-0.25, -0.2) is 14.3 Å². The normalized spacial score (nSPS) is 11.0. The number of aromatic carboxylic acids is 1. The number of carboxylic acid groups (broad SMARTS) is 1. The van der Waals surface area contributed by atoms with Crippen LogP contribution in [0.4, 0.5) is 0 Å². The second-order valence-corrected chi connectivity index (χ2v) is 7.34. The first kappa shape index (κ1) is 18.8. The summed E-state index contributed by atoms with van der Waals surface area (Å²) in [6.45, 7) is 0. The van der Waals surface area contributed by atoms with E-state index in [-0.39, 0.29) is 5.56 Å². The molecule has 31 heavy (non-hydrogen) atoms. The van der Waals surface area contributed by atoms with E-state index in [1.54, 1.807) is 10.7 Å². The Morgan fingerprint density at radius 3 is 2.10 bits per heavy atom. The van der Waals surface area contributed by atoms with Gasteiger partial charge in [0.2, 0.25) is 0 Å². The van der Waals surface area contributed by atoms with Gasteiger partial charge in [-0.05, 0) is 23.1 Å². The van der Waals surface area contributed by atoms with Crippen LogP contribution in [0.1, 0.15) is 21.5 Å². The maximum absolute atomic E-state index is 11.6. The van der Waals surface area contributed by atoms with Crippen LogP contribution in [0, 0.1) is 0 Å². The maximum Gasteiger partial charge on any atom is 0.341 e. The molecule has 5 aromatic rings. The number of hydrogen-bond acceptors (Lipinski definition) is 3. The van der Waals surface area contributed by atoms with Gasteiger partial charge in [-0.3, -0.25) is 0 Å². The van der Waals surface area contributed by atoms with Gasteiger partial charge in [-0.15, -0.1) is 0 Å². The summed E-state index contributed by atoms with van der Waals surface area (Å²) in [5, 5.41) is 13.8. The van der Waals surface area contributed by atoms with E-state index in [1.165, 1.54) is 17.3 Å². The molecule has 0 amide bonds. The summed E-state index contributed by atoms with van der Waals surface area (Å²) >= 11 is 0. The topological polar surface area (TPSA) is 67.5 Å². The van der Waals surface area contributed by atoms with E-state index in [9.17, 15) is 9.90 Å². The molecule has 0 radical (unpaired) electrons. The zero-order valence-corrected chi connectivity index (χ0v) is 16.6. The van der Waals surface area contributed by atoms with E-state index < -0.39 is 5.97 Å². The predicted molar refractivity (Wildman–Crippen MR) is 120 cm³/mol. The number of hydrogen-bond donors (Lipinski definition) is 1. The quantitative estimate of drug-likeness (QED) is 0.428. The first-order valence-electron chi connectivity index (χ1n) is 9.99. The molecule has 3 aromatic carbocycles. The van der Waals surface area contributed by atoms with Crippen molar-refractivity contribution in [3.05, 3.63) is 114 Å². The third-order valence-electron chi connectivity index (χ3n) is 5.32. The molecule has 0 saturated heterocycles. The molecule has 150 valence electrons. The van der Waals surface area contributed by atoms with Gasteiger partial charge in [0.25, 0.3) is 0 Å². The number of fused-ring (bicyclic) bond motifs is 1. The molecule has 5 nitrogen and oxygen atoms in total. The van der Waals surface area contributed by atoms with Crippen LogP contribution in [0.3, 0.4) is 0 Å². The lowest BCUT2D eigenvalue weighted by atomic mass is 9.98. The fourth-order valence-corrected chi connectivity index (χ4v) is 3.80. The van der Waals surface area contributed by atoms with Gasteiger partial charge in [0, 0.05) is 17.3 Å². The number of carboxylic acids is 1. The van der Waals surface area contributed by atoms with Crippen LogP contribution in [-0.2, 0) is 6.42 Å². The van der Waals surface area contributed by atoms with Crippen molar-refractivity contribution in [3.63, 3.8) is 0 Å². The molecule has 5 heteroatoms. The van der Waals surface area contributed by atoms with Crippen molar-refractivity contribution >= 4 is 11.6 Å². The molecule has 0 bridgehead atoms. The summed E-state index contributed by atoms with van der Waals surface area (Å²) < 4.78 is 1.62. The van der Waals surface area contributed by atoms with E-state index >= 15 is 0 Å². The zero-order chi connectivity index (χ0) is 21.2. The summed E-state index contributed by atoms with van der Waals surface area (Å²) in [7, 11) is 0. The van der Waals surface area contributed by atoms with Crippen LogP contribution < -0.4 is 0 Å². The minimum atomic E-state index is -1.04. The number of nitrogens with zero attached hydrogens (tertiary/aromatic N) is 3. The van der Waals surface area contributed by atoms with Crippen molar-refractivity contribution in [1.82, 2.24) is 14.6 Å². The van der Waals surface area contributed by atoms with Crippen molar-refractivity contribution in [2.75, 3.05) is 0 Å². The zero-order valence-electron chi connectivity index (χ0n) is 16.6. The summed E-state index contributed by atoms with van der Waals surface area (Å²) in [6, 6.07) is 28.6. The monoisotopic (exact) mass is 405 g/mol. The average molecular weight is 405 g/mol. The van der Waals surface area contributed by atoms with Gasteiger partial charge in [0.15, 0.2) is 5.65 Å². The molecule has 0 atom stereocenters. The van der Waals surface area contributed by atoms with E-state index in [4.69, 9.17) is 0 Å². The maximum atomic E-state index is 11.6. The first-order chi connectivity index (χ1) is 15.2. The number of benzene rings is 3. The van der Waals surface area contributed by atoms with Gasteiger partial charge < -0.3 is 5.11 Å². The highest BCUT2D eigenvalue weighted by atomic mass is 16.4. The molecule has 0 fully saturated rings. The van der Waals surface area contributed by atoms with Crippen molar-refractivity contribution in [1.29, 1.82) is 0 Å². The SMILES string of the molecule is O=C(O)c1cnn2c(-c3ccccc3)c(-c3ccc(Cc4ccccc4)cc3)cnc12. The second-order valence-electron chi connectivity index (χ2n) is 7.34. The molecule has 0 saturated carbocycles. The molecule has 1 N–H and O–H groups in total. The predicted octanol–water partition coefficient (Wildman–Crippen LogP) is 5.35. The molecule has 5 rings (SSSR count). The summed E-state index contributed by atoms with van der Waals surface area (Å²) in [4.78, 5) is 16.0. The molecule has 2 heterocycles. The average Bonchev–Trinajstić information content (AvgIpc) is 3.25. The van der Waals surface area contributed by atoms with E-state index in [2.05, 4.69) is 46.5 Å². The van der Waals surface area contributed by atoms with Crippen LogP contribution in [0.15, 0.2) is 97.3 Å². The Balaban J connectivity index is 1.62. The lowest BCUT2D eigenvalue weighted by Crippen LogP contribution is -2.02. The van der Waals surface area contributed by atoms with Crippen molar-refractivity contribution < 1.29 is 9.90 Å². The van der Waals surface area contributed by atoms with Crippen LogP contribution >= 0.6 is 0 Å². The van der Waals surface area contributed by atoms with Gasteiger partial charge >= 0.3 is 5.97 Å². The highest BCUT2D eigenvalue weighted by molar-refractivity contribution is 5.95. The minimum absolute atomic E-state index is 0.0851. The fraction of sp³-hybridized carbons (Fsp3) is 0.0385. The summed E-state index contributed by atoms with van der Waals surface area (Å²) in [5.41, 5.74) is 6.55. The van der Waals surface area contributed by atoms with E-state index in [1.807, 2.05) is 48.5 Å². The van der Waals surface area contributed by atoms with Crippen molar-refractivity contribution in [3.8, 4) is 22.4 Å². The Morgan fingerprint density at radius 2 is 1.42 bits per heavy atom. The Hall–Kier alpha value is -4.25. The summed E-state index contributed by atoms with van der Waals surface area (Å²) in [6.07, 6.45) is 3.95. The van der Waals surface area contributed by atoms with Gasteiger partial charge in [0.05, 0.1) is 11.9 Å². The highest BCUT2D eigenvalue weighted by Gasteiger charge is 2.19. The number of carbonyl (C=O) groups is 1. The fourth-order valence-electron chi connectivity index (χ4n) is 3.80. The summed E-state index contributed by atoms with van der Waals surface area (Å²) in [5.74, 6) is -1.04. The second kappa shape index (κ2) is 7.88. The molecule has 0 aliphatic rings. The van der Waals surface area contributed by atoms with Crippen molar-refractivity contribution in [2.24, 2.45) is 0 Å². The van der Waals surface area contributed by atoms with Crippen LogP contribution in [0.2, 0.25) is 0 Å². The smallest absolute Gasteiger partial charge is 0.341 e. The Labute approximate surface area is 179 Å². The highest BCUT2D eigenvalue weighted by Crippen LogP contribution is 2.32. The van der Waals surface area contributed by atoms with E-state index in [0.29, 0.717) is 5.65 Å². The van der Waals surface area contributed by atoms with Gasteiger partial charge in [-0.1, -0.05) is 84.9 Å². The lowest BCUT2D eigenvalue weighted by molar-refractivity contribution is 0.0698. The minimum Gasteiger partial charge on any atom is -0.477 e. The molecule has 0 unspecified atom stereocenters. The standard InChI is InChI=1S/C26H19N3O2/c30-26(31)23-17-28-29-24(21-9-5-2-6-10-21)22(16-27-25(23)29)20-13-11-19(12-14-20)15-18-7-3-1-4-8-18/h1-14,16-17H,15H2,(H,30,31). The third-order valence-corrected chi connectivity index (χ3v) is 5.32. The molecule has 0 spiro atoms. The number of rotatable bonds is 5. The Morgan fingerprint density at radius 1 is 0.774 bits per heavy atom. The molecular formula is C26H19N3O2. The largest absolute Gasteiger partial charge is 0.477 e. The Bertz CT molecular complexity index is 1360. The first-order valence-corrected chi connectivity index (χ1v) is 9.99. The molecule has 0 aliphatic carbocycles.